The summed E-state index contributed by atoms with van der Waals surface area (Å²) >= 11 is 0. The van der Waals surface area contributed by atoms with Crippen molar-refractivity contribution in [2.24, 2.45) is 23.7 Å². The molecule has 7 nitrogen and oxygen atoms in total. The number of nitrogens with zero attached hydrogens (tertiary/aromatic N) is 1. The fourth-order valence-electron chi connectivity index (χ4n) is 8.54. The Bertz CT molecular complexity index is 722. The number of methoxy groups -OCH3 is 1. The first-order valence-corrected chi connectivity index (χ1v) is 13.4. The van der Waals surface area contributed by atoms with Gasteiger partial charge in [-0.05, 0) is 43.4 Å². The monoisotopic (exact) mass is 440 g/mol. The Morgan fingerprint density at radius 1 is 1.20 bits per heavy atom. The summed E-state index contributed by atoms with van der Waals surface area (Å²) in [5.74, 6) is 1.77. The maximum absolute atomic E-state index is 12.9. The average Bonchev–Trinajstić information content (AvgIpc) is 3.12. The van der Waals surface area contributed by atoms with Crippen LogP contribution in [0.4, 0.5) is 0 Å². The van der Waals surface area contributed by atoms with Crippen LogP contribution in [0.2, 0.25) is 0 Å². The summed E-state index contributed by atoms with van der Waals surface area (Å²) in [6, 6.07) is 1.16. The van der Waals surface area contributed by atoms with Gasteiger partial charge in [-0.1, -0.05) is 0 Å². The van der Waals surface area contributed by atoms with Gasteiger partial charge in [-0.15, -0.1) is 0 Å². The minimum Gasteiger partial charge on any atom is -0.393 e. The summed E-state index contributed by atoms with van der Waals surface area (Å²) in [6.07, 6.45) is 6.39. The zero-order chi connectivity index (χ0) is 21.3. The Morgan fingerprint density at radius 3 is 2.63 bits per heavy atom. The second-order valence-corrected chi connectivity index (χ2v) is 12.1. The van der Waals surface area contributed by atoms with Crippen molar-refractivity contribution in [2.45, 2.75) is 80.8 Å². The normalized spacial score (nSPS) is 53.5. The Kier molecular flexibility index (Phi) is 5.54. The Balaban J connectivity index is 1.61. The number of amides is 1. The topological polar surface area (TPSA) is 83.3 Å². The quantitative estimate of drug-likeness (QED) is 0.523. The van der Waals surface area contributed by atoms with Crippen LogP contribution in [0.1, 0.15) is 39.0 Å². The molecule has 2 aliphatic carbocycles. The largest absolute Gasteiger partial charge is 0.393 e. The molecular formula is C22H38N3O4S+. The van der Waals surface area contributed by atoms with Gasteiger partial charge >= 0.3 is 0 Å². The van der Waals surface area contributed by atoms with Crippen LogP contribution in [0.3, 0.4) is 0 Å². The first-order valence-electron chi connectivity index (χ1n) is 11.7. The van der Waals surface area contributed by atoms with E-state index in [0.29, 0.717) is 41.8 Å². The number of aliphatic hydroxyl groups is 1. The Labute approximate surface area is 182 Å². The number of ether oxygens (including phenoxy) is 1. The van der Waals surface area contributed by atoms with Crippen molar-refractivity contribution in [3.63, 3.8) is 0 Å². The number of hydrogen-bond acceptors (Lipinski definition) is 5. The van der Waals surface area contributed by atoms with Gasteiger partial charge in [-0.25, -0.2) is 0 Å². The summed E-state index contributed by atoms with van der Waals surface area (Å²) in [4.78, 5) is 16.3. The fraction of sp³-hybridized carbons (Fsp3) is 0.955. The highest BCUT2D eigenvalue weighted by atomic mass is 32.2. The number of carbonyl (C=O) groups is 1. The maximum Gasteiger partial charge on any atom is 0.218 e. The van der Waals surface area contributed by atoms with Gasteiger partial charge in [0.1, 0.15) is 12.1 Å². The fourth-order valence-corrected chi connectivity index (χ4v) is 9.99. The molecule has 13 atom stereocenters. The van der Waals surface area contributed by atoms with Crippen LogP contribution >= 0.6 is 0 Å². The first kappa shape index (κ1) is 21.3. The van der Waals surface area contributed by atoms with Gasteiger partial charge in [0.05, 0.1) is 31.1 Å². The van der Waals surface area contributed by atoms with Crippen molar-refractivity contribution < 1.29 is 23.7 Å². The molecule has 0 aromatic heterocycles. The lowest BCUT2D eigenvalue weighted by molar-refractivity contribution is -0.911. The third-order valence-electron chi connectivity index (χ3n) is 9.27. The highest BCUT2D eigenvalue weighted by Gasteiger charge is 2.68. The van der Waals surface area contributed by atoms with Gasteiger partial charge in [0.15, 0.2) is 0 Å². The van der Waals surface area contributed by atoms with E-state index in [1.54, 1.807) is 14.0 Å². The molecule has 3 aliphatic heterocycles. The lowest BCUT2D eigenvalue weighted by atomic mass is 9.71. The molecular weight excluding hydrogens is 402 g/mol. The third-order valence-corrected chi connectivity index (χ3v) is 10.7. The molecule has 170 valence electrons. The van der Waals surface area contributed by atoms with Gasteiger partial charge in [0, 0.05) is 55.5 Å². The molecule has 0 radical (unpaired) electrons. The van der Waals surface area contributed by atoms with Crippen molar-refractivity contribution in [2.75, 3.05) is 27.0 Å². The summed E-state index contributed by atoms with van der Waals surface area (Å²) in [5.41, 5.74) is 0. The van der Waals surface area contributed by atoms with E-state index in [9.17, 15) is 14.1 Å². The van der Waals surface area contributed by atoms with E-state index in [4.69, 9.17) is 4.74 Å². The summed E-state index contributed by atoms with van der Waals surface area (Å²) in [5, 5.41) is 13.8. The second-order valence-electron chi connectivity index (χ2n) is 10.6. The number of likely N-dealkylation sites (N-methyl/N-ethyl adjacent to an activating group) is 1. The Hall–Kier alpha value is -0.540. The van der Waals surface area contributed by atoms with Gasteiger partial charge in [-0.2, -0.15) is 0 Å². The SMILES string of the molecule is COC1C2C3C(CC(NC(C)=O)N4C5CCC(O)CC5C(CC[NH+]2C)C34)C1S(C)=O. The number of fused-ring (bicyclic) bond motifs is 3. The predicted octanol–water partition coefficient (Wildman–Crippen LogP) is -1.02. The molecule has 3 N–H and O–H groups in total. The molecule has 0 spiro atoms. The molecule has 13 unspecified atom stereocenters. The highest BCUT2D eigenvalue weighted by Crippen LogP contribution is 2.57. The highest BCUT2D eigenvalue weighted by molar-refractivity contribution is 7.85. The number of quaternary nitrogens is 1. The summed E-state index contributed by atoms with van der Waals surface area (Å²) in [6.45, 7) is 2.70. The van der Waals surface area contributed by atoms with Gasteiger partial charge in [0.2, 0.25) is 5.91 Å². The lowest BCUT2D eigenvalue weighted by Gasteiger charge is -2.49. The molecule has 8 heteroatoms. The molecule has 5 fully saturated rings. The van der Waals surface area contributed by atoms with Gasteiger partial charge in [-0.3, -0.25) is 13.9 Å². The van der Waals surface area contributed by atoms with Crippen LogP contribution in [-0.4, -0.2) is 88.8 Å². The number of carbonyl (C=O) groups excluding carboxylic acids is 1. The zero-order valence-electron chi connectivity index (χ0n) is 18.6. The predicted molar refractivity (Wildman–Crippen MR) is 114 cm³/mol. The van der Waals surface area contributed by atoms with Crippen LogP contribution in [0.15, 0.2) is 0 Å². The molecule has 3 heterocycles. The van der Waals surface area contributed by atoms with Gasteiger partial charge < -0.3 is 20.1 Å². The summed E-state index contributed by atoms with van der Waals surface area (Å²) in [7, 11) is 3.10. The number of nitrogens with one attached hydrogen (secondary N) is 2. The first-order chi connectivity index (χ1) is 14.3. The van der Waals surface area contributed by atoms with E-state index in [2.05, 4.69) is 17.3 Å². The van der Waals surface area contributed by atoms with E-state index >= 15 is 0 Å². The standard InChI is InChI=1S/C22H37N3O4S/c1-11(26)23-17-10-15-18-19-13(14-9-12(27)5-6-16(14)25(17)19)7-8-24(2)20(18)21(29-3)22(15)30(4)28/h12-22,27H,5-10H2,1-4H3,(H,23,26)/p+1. The van der Waals surface area contributed by atoms with Crippen molar-refractivity contribution >= 4 is 16.7 Å². The lowest BCUT2D eigenvalue weighted by Crippen LogP contribution is -3.15. The van der Waals surface area contributed by atoms with Crippen LogP contribution in [0.25, 0.3) is 0 Å². The van der Waals surface area contributed by atoms with Gasteiger partial charge in [0.25, 0.3) is 0 Å². The van der Waals surface area contributed by atoms with E-state index in [0.717, 1.165) is 38.6 Å². The summed E-state index contributed by atoms with van der Waals surface area (Å²) < 4.78 is 19.0. The molecule has 0 aromatic rings. The van der Waals surface area contributed by atoms with Crippen LogP contribution in [0, 0.1) is 23.7 Å². The number of rotatable bonds is 3. The maximum atomic E-state index is 12.9. The van der Waals surface area contributed by atoms with E-state index in [1.165, 1.54) is 4.90 Å². The molecule has 30 heavy (non-hydrogen) atoms. The molecule has 1 amide bonds. The smallest absolute Gasteiger partial charge is 0.218 e. The third kappa shape index (κ3) is 3.04. The van der Waals surface area contributed by atoms with E-state index < -0.39 is 10.8 Å². The molecule has 0 aromatic carbocycles. The van der Waals surface area contributed by atoms with Crippen LogP contribution in [-0.2, 0) is 20.3 Å². The minimum absolute atomic E-state index is 0.00204. The number of piperidine rings is 1. The molecule has 3 saturated heterocycles. The molecule has 0 bridgehead atoms. The van der Waals surface area contributed by atoms with E-state index in [1.807, 2.05) is 6.26 Å². The zero-order valence-corrected chi connectivity index (χ0v) is 19.4. The van der Waals surface area contributed by atoms with Crippen molar-refractivity contribution in [1.82, 2.24) is 10.2 Å². The van der Waals surface area contributed by atoms with Crippen LogP contribution in [0.5, 0.6) is 0 Å². The number of hydrogen-bond donors (Lipinski definition) is 3. The van der Waals surface area contributed by atoms with Crippen LogP contribution < -0.4 is 10.2 Å². The Morgan fingerprint density at radius 2 is 1.97 bits per heavy atom. The molecule has 5 aliphatic rings. The van der Waals surface area contributed by atoms with E-state index in [-0.39, 0.29) is 29.5 Å². The minimum atomic E-state index is -0.973. The second kappa shape index (κ2) is 7.80. The van der Waals surface area contributed by atoms with Crippen molar-refractivity contribution in [3.05, 3.63) is 0 Å². The average molecular weight is 441 g/mol. The molecule has 5 rings (SSSR count). The molecule has 2 saturated carbocycles. The van der Waals surface area contributed by atoms with Crippen molar-refractivity contribution in [1.29, 1.82) is 0 Å². The number of aliphatic hydroxyl groups excluding tert-OH is 1. The van der Waals surface area contributed by atoms with Crippen molar-refractivity contribution in [3.8, 4) is 0 Å². The number of likely N-dealkylation sites (tertiary alicyclic amines) is 1.